The third-order valence-electron chi connectivity index (χ3n) is 6.20. The van der Waals surface area contributed by atoms with Gasteiger partial charge < -0.3 is 9.88 Å². The highest BCUT2D eigenvalue weighted by atomic mass is 19.4. The molecule has 0 spiro atoms. The van der Waals surface area contributed by atoms with E-state index in [4.69, 9.17) is 4.99 Å². The predicted molar refractivity (Wildman–Crippen MR) is 115 cm³/mol. The van der Waals surface area contributed by atoms with Crippen molar-refractivity contribution in [2.24, 2.45) is 4.99 Å². The molecule has 0 saturated heterocycles. The summed E-state index contributed by atoms with van der Waals surface area (Å²) in [6, 6.07) is 11.0. The zero-order valence-electron chi connectivity index (χ0n) is 17.6. The van der Waals surface area contributed by atoms with Crippen molar-refractivity contribution < 1.29 is 17.6 Å². The van der Waals surface area contributed by atoms with Gasteiger partial charge in [0.05, 0.1) is 6.04 Å². The van der Waals surface area contributed by atoms with E-state index in [1.807, 2.05) is 6.92 Å². The van der Waals surface area contributed by atoms with Gasteiger partial charge in [0.1, 0.15) is 22.9 Å². The minimum atomic E-state index is -4.56. The fraction of sp³-hybridized carbons (Fsp3) is 0.292. The summed E-state index contributed by atoms with van der Waals surface area (Å²) in [5.41, 5.74) is -0.494. The number of benzene rings is 1. The van der Waals surface area contributed by atoms with Crippen LogP contribution in [0.2, 0.25) is 0 Å². The third kappa shape index (κ3) is 3.71. The van der Waals surface area contributed by atoms with E-state index in [9.17, 15) is 22.4 Å². The highest BCUT2D eigenvalue weighted by molar-refractivity contribution is 6.01. The molecule has 1 aromatic carbocycles. The summed E-state index contributed by atoms with van der Waals surface area (Å²) in [6.45, 7) is 1.86. The number of rotatable bonds is 4. The van der Waals surface area contributed by atoms with E-state index in [0.29, 0.717) is 22.5 Å². The van der Waals surface area contributed by atoms with Crippen molar-refractivity contribution in [2.75, 3.05) is 0 Å². The second-order valence-electron chi connectivity index (χ2n) is 8.42. The molecule has 9 heteroatoms. The minimum Gasteiger partial charge on any atom is -0.364 e. The summed E-state index contributed by atoms with van der Waals surface area (Å²) in [5, 5.41) is 3.31. The molecule has 1 fully saturated rings. The molecule has 2 aliphatic rings. The molecule has 0 amide bonds. The second-order valence-corrected chi connectivity index (χ2v) is 8.42. The first kappa shape index (κ1) is 21.4. The number of alkyl halides is 3. The second kappa shape index (κ2) is 7.54. The molecule has 170 valence electrons. The van der Waals surface area contributed by atoms with Crippen molar-refractivity contribution in [3.63, 3.8) is 0 Å². The Kier molecular flexibility index (Phi) is 4.88. The summed E-state index contributed by atoms with van der Waals surface area (Å²) in [5.74, 6) is 0.0693. The van der Waals surface area contributed by atoms with Gasteiger partial charge >= 0.3 is 6.18 Å². The van der Waals surface area contributed by atoms with Crippen LogP contribution in [0.15, 0.2) is 70.7 Å². The van der Waals surface area contributed by atoms with E-state index in [1.165, 1.54) is 30.5 Å². The maximum absolute atomic E-state index is 13.7. The molecule has 33 heavy (non-hydrogen) atoms. The molecule has 1 N–H and O–H groups in total. The summed E-state index contributed by atoms with van der Waals surface area (Å²) in [6.07, 6.45) is 0.241. The monoisotopic (exact) mass is 456 g/mol. The van der Waals surface area contributed by atoms with Crippen molar-refractivity contribution in [3.8, 4) is 0 Å². The molecular weight excluding hydrogens is 436 g/mol. The summed E-state index contributed by atoms with van der Waals surface area (Å²) >= 11 is 0. The van der Waals surface area contributed by atoms with E-state index in [2.05, 4.69) is 10.3 Å². The zero-order chi connectivity index (χ0) is 23.4. The smallest absolute Gasteiger partial charge is 0.364 e. The van der Waals surface area contributed by atoms with Gasteiger partial charge in [0.15, 0.2) is 0 Å². The van der Waals surface area contributed by atoms with Crippen molar-refractivity contribution in [1.29, 1.82) is 0 Å². The molecular formula is C24H20F4N4O. The number of nitrogens with zero attached hydrogens (tertiary/aromatic N) is 3. The normalized spacial score (nSPS) is 22.7. The number of halogens is 4. The van der Waals surface area contributed by atoms with E-state index in [0.717, 1.165) is 18.9 Å². The molecule has 5 nitrogen and oxygen atoms in total. The van der Waals surface area contributed by atoms with Gasteiger partial charge in [0.2, 0.25) is 0 Å². The van der Waals surface area contributed by atoms with Gasteiger partial charge in [-0.1, -0.05) is 18.2 Å². The van der Waals surface area contributed by atoms with E-state index >= 15 is 0 Å². The molecule has 1 aliphatic carbocycles. The van der Waals surface area contributed by atoms with Gasteiger partial charge in [-0.3, -0.25) is 9.78 Å². The maximum Gasteiger partial charge on any atom is 0.433 e. The van der Waals surface area contributed by atoms with Crippen LogP contribution in [0.4, 0.5) is 17.6 Å². The van der Waals surface area contributed by atoms with Crippen molar-refractivity contribution in [3.05, 3.63) is 99.5 Å². The van der Waals surface area contributed by atoms with Crippen LogP contribution in [-0.4, -0.2) is 21.4 Å². The highest BCUT2D eigenvalue weighted by Crippen LogP contribution is 2.42. The van der Waals surface area contributed by atoms with Crippen LogP contribution in [0.3, 0.4) is 0 Å². The standard InChI is InChI=1S/C24H20F4N4O/c1-14-23(16-3-6-18(25)7-4-16,17-5-10-20(29-12-17)24(26,27)28)31-22(30-14)15-2-11-21(33)32(13-15)19-8-9-19/h2-7,10-14,19H,8-9H2,1H3,(H,30,31)/t14-,23+/m0/s1. The molecule has 0 unspecified atom stereocenters. The Morgan fingerprint density at radius 1 is 1.03 bits per heavy atom. The number of hydrogen-bond donors (Lipinski definition) is 1. The van der Waals surface area contributed by atoms with Crippen LogP contribution >= 0.6 is 0 Å². The predicted octanol–water partition coefficient (Wildman–Crippen LogP) is 4.42. The minimum absolute atomic E-state index is 0.0929. The lowest BCUT2D eigenvalue weighted by Crippen LogP contribution is -2.41. The summed E-state index contributed by atoms with van der Waals surface area (Å²) in [7, 11) is 0. The Labute approximate surface area is 186 Å². The third-order valence-corrected chi connectivity index (χ3v) is 6.20. The van der Waals surface area contributed by atoms with Crippen LogP contribution in [0.25, 0.3) is 0 Å². The molecule has 1 aliphatic heterocycles. The SMILES string of the molecule is C[C@@H]1NC(c2ccc(=O)n(C3CC3)c2)=N[C@]1(c1ccc(F)cc1)c1ccc(C(F)(F)F)nc1. The lowest BCUT2D eigenvalue weighted by molar-refractivity contribution is -0.141. The van der Waals surface area contributed by atoms with E-state index < -0.39 is 29.3 Å². The lowest BCUT2D eigenvalue weighted by Gasteiger charge is -2.31. The largest absolute Gasteiger partial charge is 0.433 e. The molecule has 3 aromatic rings. The van der Waals surface area contributed by atoms with Crippen molar-refractivity contribution in [2.45, 2.75) is 43.6 Å². The Hall–Kier alpha value is -3.49. The first-order valence-electron chi connectivity index (χ1n) is 10.6. The van der Waals surface area contributed by atoms with Crippen molar-refractivity contribution >= 4 is 5.84 Å². The van der Waals surface area contributed by atoms with Crippen LogP contribution in [-0.2, 0) is 11.7 Å². The van der Waals surface area contributed by atoms with Crippen LogP contribution in [0, 0.1) is 5.82 Å². The number of aliphatic imine (C=N–C) groups is 1. The van der Waals surface area contributed by atoms with Gasteiger partial charge in [0, 0.05) is 35.6 Å². The van der Waals surface area contributed by atoms with Gasteiger partial charge in [0.25, 0.3) is 5.56 Å². The van der Waals surface area contributed by atoms with Gasteiger partial charge in [-0.05, 0) is 49.6 Å². The quantitative estimate of drug-likeness (QED) is 0.592. The Balaban J connectivity index is 1.66. The summed E-state index contributed by atoms with van der Waals surface area (Å²) < 4.78 is 54.6. The fourth-order valence-electron chi connectivity index (χ4n) is 4.33. The van der Waals surface area contributed by atoms with Crippen LogP contribution in [0.1, 0.15) is 48.2 Å². The highest BCUT2D eigenvalue weighted by Gasteiger charge is 2.46. The average Bonchev–Trinajstić information content (AvgIpc) is 3.57. The van der Waals surface area contributed by atoms with Crippen LogP contribution in [0.5, 0.6) is 0 Å². The first-order valence-corrected chi connectivity index (χ1v) is 10.6. The molecule has 0 radical (unpaired) electrons. The fourth-order valence-corrected chi connectivity index (χ4v) is 4.33. The molecule has 2 aromatic heterocycles. The topological polar surface area (TPSA) is 59.3 Å². The Bertz CT molecular complexity index is 1280. The van der Waals surface area contributed by atoms with Gasteiger partial charge in [-0.25, -0.2) is 9.38 Å². The molecule has 5 rings (SSSR count). The van der Waals surface area contributed by atoms with E-state index in [1.54, 1.807) is 29.0 Å². The molecule has 0 bridgehead atoms. The first-order chi connectivity index (χ1) is 15.7. The molecule has 3 heterocycles. The van der Waals surface area contributed by atoms with Gasteiger partial charge in [-0.2, -0.15) is 13.2 Å². The molecule has 1 saturated carbocycles. The maximum atomic E-state index is 13.7. The van der Waals surface area contributed by atoms with Crippen LogP contribution < -0.4 is 10.9 Å². The van der Waals surface area contributed by atoms with Gasteiger partial charge in [-0.15, -0.1) is 0 Å². The number of amidine groups is 1. The van der Waals surface area contributed by atoms with Crippen molar-refractivity contribution in [1.82, 2.24) is 14.9 Å². The average molecular weight is 456 g/mol. The number of hydrogen-bond acceptors (Lipinski definition) is 4. The lowest BCUT2D eigenvalue weighted by atomic mass is 9.79. The number of pyridine rings is 2. The number of aromatic nitrogens is 2. The number of nitrogens with one attached hydrogen (secondary N) is 1. The van der Waals surface area contributed by atoms with E-state index in [-0.39, 0.29) is 11.6 Å². The molecule has 2 atom stereocenters. The summed E-state index contributed by atoms with van der Waals surface area (Å²) in [4.78, 5) is 20.8. The Morgan fingerprint density at radius 3 is 2.33 bits per heavy atom. The Morgan fingerprint density at radius 2 is 1.73 bits per heavy atom. The zero-order valence-corrected chi connectivity index (χ0v) is 17.6.